The number of aliphatic carboxylic acids is 1. The lowest BCUT2D eigenvalue weighted by atomic mass is 9.68. The Labute approximate surface area is 604 Å². The van der Waals surface area contributed by atoms with Crippen LogP contribution < -0.4 is 42.4 Å². The Hall–Kier alpha value is -9.94. The average molecular weight is 1470 g/mol. The Morgan fingerprint density at radius 3 is 2.20 bits per heavy atom. The van der Waals surface area contributed by atoms with E-state index in [4.69, 9.17) is 9.47 Å². The molecule has 8 N–H and O–H groups in total. The van der Waals surface area contributed by atoms with Crippen LogP contribution in [0, 0.1) is 29.4 Å². The molecule has 4 aromatic heterocycles. The van der Waals surface area contributed by atoms with Crippen molar-refractivity contribution in [2.24, 2.45) is 17.9 Å². The average Bonchev–Trinajstić information content (AvgIpc) is 1.54. The molecule has 10 rings (SSSR count). The highest BCUT2D eigenvalue weighted by molar-refractivity contribution is 7.89. The normalized spacial score (nSPS) is 15.9. The molecule has 2 aliphatic heterocycles. The van der Waals surface area contributed by atoms with Crippen molar-refractivity contribution in [3.63, 3.8) is 0 Å². The van der Waals surface area contributed by atoms with Gasteiger partial charge in [0.1, 0.15) is 48.2 Å². The lowest BCUT2D eigenvalue weighted by Gasteiger charge is -2.36. The fourth-order valence-electron chi connectivity index (χ4n) is 13.2. The number of hydrogen-bond acceptors (Lipinski definition) is 17. The third-order valence-electron chi connectivity index (χ3n) is 19.2. The van der Waals surface area contributed by atoms with Gasteiger partial charge in [-0.15, -0.1) is 11.3 Å². The molecule has 104 heavy (non-hydrogen) atoms. The molecule has 1 saturated heterocycles. The van der Waals surface area contributed by atoms with Crippen LogP contribution in [0.2, 0.25) is 0 Å². The molecule has 0 spiro atoms. The van der Waals surface area contributed by atoms with Crippen molar-refractivity contribution in [2.75, 3.05) is 36.3 Å². The maximum absolute atomic E-state index is 15.7. The van der Waals surface area contributed by atoms with E-state index in [9.17, 15) is 61.1 Å². The summed E-state index contributed by atoms with van der Waals surface area (Å²) in [6, 6.07) is 14.9. The van der Waals surface area contributed by atoms with Gasteiger partial charge in [-0.05, 0) is 97.0 Å². The zero-order valence-electron chi connectivity index (χ0n) is 59.2. The van der Waals surface area contributed by atoms with Gasteiger partial charge in [0.05, 0.1) is 46.4 Å². The number of H-pyrrole nitrogens is 1. The minimum Gasteiger partial charge on any atom is -0.480 e. The molecule has 30 heteroatoms. The van der Waals surface area contributed by atoms with E-state index in [1.807, 2.05) is 52.0 Å². The number of benzene rings is 3. The van der Waals surface area contributed by atoms with Crippen LogP contribution in [0.1, 0.15) is 149 Å². The van der Waals surface area contributed by atoms with Crippen LogP contribution in [0.5, 0.6) is 0 Å². The molecule has 7 aromatic rings. The summed E-state index contributed by atoms with van der Waals surface area (Å²) in [5.41, 5.74) is 5.19. The number of halogens is 2. The predicted molar refractivity (Wildman–Crippen MR) is 387 cm³/mol. The number of carbonyl (C=O) groups excluding carboxylic acids is 7. The Morgan fingerprint density at radius 1 is 0.865 bits per heavy atom. The van der Waals surface area contributed by atoms with E-state index in [-0.39, 0.29) is 99.1 Å². The van der Waals surface area contributed by atoms with Gasteiger partial charge in [-0.2, -0.15) is 0 Å². The van der Waals surface area contributed by atoms with E-state index in [1.165, 1.54) is 38.7 Å². The van der Waals surface area contributed by atoms with Gasteiger partial charge in [0.15, 0.2) is 21.5 Å². The minimum absolute atomic E-state index is 0.0295. The van der Waals surface area contributed by atoms with Crippen molar-refractivity contribution in [3.05, 3.63) is 146 Å². The highest BCUT2D eigenvalue weighted by Crippen LogP contribution is 2.46. The number of carboxylic acids is 1. The summed E-state index contributed by atoms with van der Waals surface area (Å²) < 4.78 is 68.5. The molecular weight excluding hydrogens is 1380 g/mol. The number of anilines is 3. The van der Waals surface area contributed by atoms with Crippen molar-refractivity contribution in [3.8, 4) is 21.6 Å². The molecular formula is C74H88F2N12O14S2. The van der Waals surface area contributed by atoms with Crippen LogP contribution in [-0.2, 0) is 80.6 Å². The van der Waals surface area contributed by atoms with Crippen molar-refractivity contribution in [1.29, 1.82) is 0 Å². The van der Waals surface area contributed by atoms with Crippen molar-refractivity contribution >= 4 is 96.8 Å². The molecule has 7 amide bonds. The van der Waals surface area contributed by atoms with Crippen molar-refractivity contribution in [1.82, 2.24) is 51.0 Å². The number of amides is 7. The number of sulfone groups is 1. The molecule has 2 fully saturated rings. The summed E-state index contributed by atoms with van der Waals surface area (Å²) in [5, 5.41) is 26.8. The van der Waals surface area contributed by atoms with Crippen LogP contribution in [-0.4, -0.2) is 136 Å². The number of carboxylic acid groups (broad SMARTS) is 1. The van der Waals surface area contributed by atoms with Crippen molar-refractivity contribution in [2.45, 2.75) is 168 Å². The second-order valence-electron chi connectivity index (χ2n) is 28.1. The summed E-state index contributed by atoms with van der Waals surface area (Å²) in [5.74, 6) is -6.85. The number of likely N-dealkylation sites (tertiary alicyclic amines) is 1. The number of alkyl carbamates (subject to hydrolysis) is 1. The maximum atomic E-state index is 15.7. The number of nitrogens with zero attached hydrogens (tertiary/aromatic N) is 5. The van der Waals surface area contributed by atoms with Crippen LogP contribution in [0.15, 0.2) is 95.6 Å². The van der Waals surface area contributed by atoms with Crippen molar-refractivity contribution < 1.29 is 70.1 Å². The largest absolute Gasteiger partial charge is 0.480 e. The molecule has 0 bridgehead atoms. The first-order chi connectivity index (χ1) is 49.5. The Bertz CT molecular complexity index is 4550. The third kappa shape index (κ3) is 18.5. The van der Waals surface area contributed by atoms with Crippen LogP contribution in [0.4, 0.5) is 30.8 Å². The van der Waals surface area contributed by atoms with Gasteiger partial charge in [0, 0.05) is 92.0 Å². The number of fused-ring (bicyclic) bond motifs is 2. The standard InChI is InChI=1S/C74H88F2N12O14S2/c1-43-62(103-42-82-43)47-22-18-45(19-23-47)33-80-67(92)58-31-52(102-41-81-72(98)101-39-46-20-24-51(25-21-46)84-65(90)44(2)83-70(95)74(71(96)97)26-16-27-74)37-88(58)69(94)63(73(3,4)5)85-59(89)17-14-12-10-8-9-11-13-15-28-77-66(91)53-32-57-54(29-48(53)40-104(7,99)100)55-38-86(6)68(93)61-60(55)49(34-78-61)36-87(57)64-56(76)30-50(75)35-79-64/h18-25,29-30,32,34-35,38,42,44,52,58,63,78H,8-17,26-28,31,33,36-37,39-41H2,1-7H3,(H,77,91)(H,80,92)(H,81,98)(H,83,95)(H,84,90)(H,85,89)(H,96,97)/t44-,52+,58-,63+/m0/s1. The highest BCUT2D eigenvalue weighted by Gasteiger charge is 2.52. The topological polar surface area (TPSA) is 352 Å². The number of ether oxygens (including phenoxy) is 2. The van der Waals surface area contributed by atoms with E-state index >= 15 is 4.39 Å². The number of nitrogens with one attached hydrogen (secondary N) is 7. The van der Waals surface area contributed by atoms with E-state index in [0.717, 1.165) is 72.7 Å². The van der Waals surface area contributed by atoms with Gasteiger partial charge in [0.25, 0.3) is 11.5 Å². The molecule has 0 radical (unpaired) electrons. The summed E-state index contributed by atoms with van der Waals surface area (Å²) in [4.78, 5) is 136. The molecule has 3 aliphatic rings. The van der Waals surface area contributed by atoms with Gasteiger partial charge in [-0.3, -0.25) is 43.7 Å². The molecule has 6 heterocycles. The minimum atomic E-state index is -3.71. The number of aromatic nitrogens is 4. The monoisotopic (exact) mass is 1470 g/mol. The number of aryl methyl sites for hydroxylation is 2. The van der Waals surface area contributed by atoms with Gasteiger partial charge in [0.2, 0.25) is 29.5 Å². The number of pyridine rings is 2. The lowest BCUT2D eigenvalue weighted by Crippen LogP contribution is -2.57. The maximum Gasteiger partial charge on any atom is 0.409 e. The van der Waals surface area contributed by atoms with Gasteiger partial charge in [-0.25, -0.2) is 32.0 Å². The fraction of sp³-hybridized carbons (Fsp3) is 0.446. The van der Waals surface area contributed by atoms with E-state index < -0.39 is 104 Å². The Morgan fingerprint density at radius 2 is 1.56 bits per heavy atom. The lowest BCUT2D eigenvalue weighted by molar-refractivity contribution is -0.162. The fourth-order valence-corrected chi connectivity index (χ4v) is 14.8. The summed E-state index contributed by atoms with van der Waals surface area (Å²) in [6.07, 6.45) is 11.0. The molecule has 26 nitrogen and oxygen atoms in total. The number of unbranched alkanes of at least 4 members (excludes halogenated alkanes) is 7. The molecule has 0 unspecified atom stereocenters. The second kappa shape index (κ2) is 33.2. The summed E-state index contributed by atoms with van der Waals surface area (Å²) in [7, 11) is -2.14. The van der Waals surface area contributed by atoms with Crippen LogP contribution >= 0.6 is 11.3 Å². The van der Waals surface area contributed by atoms with Gasteiger partial charge in [-0.1, -0.05) is 102 Å². The van der Waals surface area contributed by atoms with Gasteiger partial charge >= 0.3 is 12.1 Å². The number of rotatable bonds is 31. The Balaban J connectivity index is 0.683. The van der Waals surface area contributed by atoms with E-state index in [2.05, 4.69) is 46.9 Å². The number of aromatic amines is 1. The molecule has 3 aromatic carbocycles. The SMILES string of the molecule is Cc1ncsc1-c1ccc(CNC(=O)[C@@H]2C[C@@H](OCNC(=O)OCc3ccc(NC(=O)[C@H](C)NC(=O)C4(C(=O)O)CCC4)cc3)CN2C(=O)[C@@H](NC(=O)CCCCCCCCCCNC(=O)c2cc3c(cc2CS(C)(=O)=O)-c2cn(C)c(=O)c4[nH]cc(c24)CN3c2ncc(F)cc2F)C(C)(C)C)cc1. The highest BCUT2D eigenvalue weighted by atomic mass is 32.2. The predicted octanol–water partition coefficient (Wildman–Crippen LogP) is 9.49. The van der Waals surface area contributed by atoms with E-state index in [1.54, 1.807) is 55.3 Å². The van der Waals surface area contributed by atoms with E-state index in [0.29, 0.717) is 64.3 Å². The quantitative estimate of drug-likeness (QED) is 0.0114. The number of thiazole rings is 1. The smallest absolute Gasteiger partial charge is 0.409 e. The van der Waals surface area contributed by atoms with Gasteiger partial charge < -0.3 is 60.5 Å². The first-order valence-electron chi connectivity index (χ1n) is 34.7. The zero-order valence-corrected chi connectivity index (χ0v) is 60.8. The molecule has 1 saturated carbocycles. The van der Waals surface area contributed by atoms with Crippen LogP contribution in [0.25, 0.3) is 32.5 Å². The number of carbonyl (C=O) groups is 8. The second-order valence-corrected chi connectivity index (χ2v) is 31.1. The first-order valence-corrected chi connectivity index (χ1v) is 37.7. The summed E-state index contributed by atoms with van der Waals surface area (Å²) in [6.45, 7) is 8.77. The third-order valence-corrected chi connectivity index (χ3v) is 21.0. The summed E-state index contributed by atoms with van der Waals surface area (Å²) >= 11 is 1.53. The molecule has 554 valence electrons. The molecule has 4 atom stereocenters. The van der Waals surface area contributed by atoms with Crippen LogP contribution in [0.3, 0.4) is 0 Å². The Kier molecular flexibility index (Phi) is 24.5. The zero-order chi connectivity index (χ0) is 74.8. The molecule has 1 aliphatic carbocycles. The number of hydrogen-bond donors (Lipinski definition) is 8. The first kappa shape index (κ1) is 76.7.